The fraction of sp³-hybridized carbons (Fsp3) is 0.400. The molecule has 1 aromatic carbocycles. The molecule has 1 heterocycles. The summed E-state index contributed by atoms with van der Waals surface area (Å²) in [4.78, 5) is 13.0. The third kappa shape index (κ3) is 3.16. The van der Waals surface area contributed by atoms with E-state index in [1.165, 1.54) is 10.5 Å². The van der Waals surface area contributed by atoms with Gasteiger partial charge in [0.05, 0.1) is 5.41 Å². The normalized spacial score (nSPS) is 14.8. The van der Waals surface area contributed by atoms with Crippen molar-refractivity contribution < 1.29 is 9.53 Å². The van der Waals surface area contributed by atoms with E-state index in [-0.39, 0.29) is 5.97 Å². The molecule has 1 aromatic rings. The van der Waals surface area contributed by atoms with Gasteiger partial charge in [-0.2, -0.15) is 0 Å². The van der Waals surface area contributed by atoms with Crippen LogP contribution in [0.3, 0.4) is 0 Å². The minimum Gasteiger partial charge on any atom is -0.426 e. The van der Waals surface area contributed by atoms with Crippen molar-refractivity contribution in [1.29, 1.82) is 0 Å². The Hall–Kier alpha value is -1.22. The van der Waals surface area contributed by atoms with Crippen LogP contribution in [0, 0.1) is 5.41 Å². The van der Waals surface area contributed by atoms with Crippen LogP contribution in [-0.4, -0.2) is 11.7 Å². The van der Waals surface area contributed by atoms with E-state index in [9.17, 15) is 4.79 Å². The number of rotatable bonds is 1. The largest absolute Gasteiger partial charge is 0.426 e. The molecule has 96 valence electrons. The maximum atomic E-state index is 11.8. The summed E-state index contributed by atoms with van der Waals surface area (Å²) in [5.74, 6) is 1.51. The predicted octanol–water partition coefficient (Wildman–Crippen LogP) is 4.15. The topological polar surface area (TPSA) is 26.3 Å². The molecule has 0 bridgehead atoms. The SMILES string of the molecule is CC(C)(C)C(=O)Oc1ccc2c(c1)SCCC=C2. The lowest BCUT2D eigenvalue weighted by Crippen LogP contribution is -2.25. The molecular formula is C15H18O2S. The van der Waals surface area contributed by atoms with Gasteiger partial charge in [-0.15, -0.1) is 11.8 Å². The van der Waals surface area contributed by atoms with Gasteiger partial charge >= 0.3 is 5.97 Å². The number of ether oxygens (including phenoxy) is 1. The first-order valence-electron chi connectivity index (χ1n) is 6.12. The average molecular weight is 262 g/mol. The third-order valence-electron chi connectivity index (χ3n) is 2.65. The van der Waals surface area contributed by atoms with Crippen LogP contribution in [-0.2, 0) is 4.79 Å². The van der Waals surface area contributed by atoms with E-state index in [0.717, 1.165) is 12.2 Å². The molecule has 18 heavy (non-hydrogen) atoms. The zero-order valence-electron chi connectivity index (χ0n) is 11.0. The Morgan fingerprint density at radius 3 is 2.83 bits per heavy atom. The van der Waals surface area contributed by atoms with E-state index in [4.69, 9.17) is 4.74 Å². The standard InChI is InChI=1S/C15H18O2S/c1-15(2,3)14(16)17-12-8-7-11-6-4-5-9-18-13(11)10-12/h4,6-8,10H,5,9H2,1-3H3. The highest BCUT2D eigenvalue weighted by atomic mass is 32.2. The van der Waals surface area contributed by atoms with Crippen molar-refractivity contribution in [3.05, 3.63) is 29.8 Å². The minimum absolute atomic E-state index is 0.198. The van der Waals surface area contributed by atoms with E-state index in [2.05, 4.69) is 12.2 Å². The Balaban J connectivity index is 2.19. The fourth-order valence-electron chi connectivity index (χ4n) is 1.55. The Kier molecular flexibility index (Phi) is 3.81. The smallest absolute Gasteiger partial charge is 0.316 e. The fourth-order valence-corrected chi connectivity index (χ4v) is 2.52. The molecule has 0 spiro atoms. The Morgan fingerprint density at radius 1 is 1.33 bits per heavy atom. The van der Waals surface area contributed by atoms with Crippen LogP contribution in [0.4, 0.5) is 0 Å². The predicted molar refractivity (Wildman–Crippen MR) is 75.9 cm³/mol. The monoisotopic (exact) mass is 262 g/mol. The van der Waals surface area contributed by atoms with Crippen molar-refractivity contribution in [2.24, 2.45) is 5.41 Å². The van der Waals surface area contributed by atoms with E-state index in [1.54, 1.807) is 11.8 Å². The number of hydrogen-bond donors (Lipinski definition) is 0. The summed E-state index contributed by atoms with van der Waals surface area (Å²) >= 11 is 1.80. The molecular weight excluding hydrogens is 244 g/mol. The van der Waals surface area contributed by atoms with Crippen LogP contribution in [0.15, 0.2) is 29.2 Å². The van der Waals surface area contributed by atoms with Crippen molar-refractivity contribution in [3.8, 4) is 5.75 Å². The lowest BCUT2D eigenvalue weighted by molar-refractivity contribution is -0.143. The van der Waals surface area contributed by atoms with Gasteiger partial charge in [0.1, 0.15) is 5.75 Å². The van der Waals surface area contributed by atoms with Gasteiger partial charge in [0.25, 0.3) is 0 Å². The molecule has 0 saturated heterocycles. The van der Waals surface area contributed by atoms with Crippen molar-refractivity contribution in [2.75, 3.05) is 5.75 Å². The van der Waals surface area contributed by atoms with Gasteiger partial charge in [0, 0.05) is 10.6 Å². The molecule has 0 saturated carbocycles. The Bertz CT molecular complexity index is 484. The van der Waals surface area contributed by atoms with E-state index in [0.29, 0.717) is 5.75 Å². The van der Waals surface area contributed by atoms with Crippen LogP contribution in [0.2, 0.25) is 0 Å². The Morgan fingerprint density at radius 2 is 2.11 bits per heavy atom. The lowest BCUT2D eigenvalue weighted by Gasteiger charge is -2.17. The van der Waals surface area contributed by atoms with Crippen molar-refractivity contribution in [1.82, 2.24) is 0 Å². The number of allylic oxidation sites excluding steroid dienone is 1. The molecule has 2 rings (SSSR count). The summed E-state index contributed by atoms with van der Waals surface area (Å²) in [6.07, 6.45) is 5.39. The summed E-state index contributed by atoms with van der Waals surface area (Å²) in [5, 5.41) is 0. The number of carbonyl (C=O) groups excluding carboxylic acids is 1. The molecule has 0 fully saturated rings. The number of esters is 1. The van der Waals surface area contributed by atoms with Gasteiger partial charge in [0.2, 0.25) is 0 Å². The molecule has 0 aliphatic carbocycles. The van der Waals surface area contributed by atoms with E-state index in [1.807, 2.05) is 39.0 Å². The number of thioether (sulfide) groups is 1. The number of carbonyl (C=O) groups is 1. The first kappa shape index (κ1) is 13.2. The molecule has 0 amide bonds. The zero-order chi connectivity index (χ0) is 13.2. The average Bonchev–Trinajstić information content (AvgIpc) is 2.52. The van der Waals surface area contributed by atoms with Gasteiger partial charge in [-0.05, 0) is 44.9 Å². The summed E-state index contributed by atoms with van der Waals surface area (Å²) in [7, 11) is 0. The Labute approximate surface area is 112 Å². The number of fused-ring (bicyclic) bond motifs is 1. The molecule has 0 atom stereocenters. The van der Waals surface area contributed by atoms with Gasteiger partial charge in [-0.25, -0.2) is 0 Å². The van der Waals surface area contributed by atoms with Crippen molar-refractivity contribution in [3.63, 3.8) is 0 Å². The van der Waals surface area contributed by atoms with Gasteiger partial charge in [-0.3, -0.25) is 4.79 Å². The summed E-state index contributed by atoms with van der Waals surface area (Å²) in [6.45, 7) is 5.57. The highest BCUT2D eigenvalue weighted by Gasteiger charge is 2.23. The lowest BCUT2D eigenvalue weighted by atomic mass is 9.97. The van der Waals surface area contributed by atoms with E-state index < -0.39 is 5.41 Å². The number of hydrogen-bond acceptors (Lipinski definition) is 3. The van der Waals surface area contributed by atoms with E-state index >= 15 is 0 Å². The van der Waals surface area contributed by atoms with Crippen LogP contribution in [0.25, 0.3) is 6.08 Å². The second kappa shape index (κ2) is 5.19. The summed E-state index contributed by atoms with van der Waals surface area (Å²) < 4.78 is 5.41. The highest BCUT2D eigenvalue weighted by molar-refractivity contribution is 7.99. The first-order chi connectivity index (χ1) is 8.47. The molecule has 1 aliphatic heterocycles. The van der Waals surface area contributed by atoms with Crippen LogP contribution in [0.1, 0.15) is 32.8 Å². The molecule has 0 radical (unpaired) electrons. The first-order valence-corrected chi connectivity index (χ1v) is 7.11. The maximum Gasteiger partial charge on any atom is 0.316 e. The minimum atomic E-state index is -0.472. The summed E-state index contributed by atoms with van der Waals surface area (Å²) in [6, 6.07) is 5.83. The molecule has 3 heteroatoms. The second-order valence-electron chi connectivity index (χ2n) is 5.38. The van der Waals surface area contributed by atoms with Gasteiger partial charge in [0.15, 0.2) is 0 Å². The molecule has 0 N–H and O–H groups in total. The second-order valence-corrected chi connectivity index (χ2v) is 6.52. The van der Waals surface area contributed by atoms with Crippen LogP contribution in [0.5, 0.6) is 5.75 Å². The van der Waals surface area contributed by atoms with Crippen molar-refractivity contribution in [2.45, 2.75) is 32.1 Å². The van der Waals surface area contributed by atoms with Crippen LogP contribution < -0.4 is 4.74 Å². The highest BCUT2D eigenvalue weighted by Crippen LogP contribution is 2.31. The van der Waals surface area contributed by atoms with Gasteiger partial charge in [-0.1, -0.05) is 18.2 Å². The molecule has 2 nitrogen and oxygen atoms in total. The quantitative estimate of drug-likeness (QED) is 0.562. The molecule has 0 aromatic heterocycles. The summed E-state index contributed by atoms with van der Waals surface area (Å²) in [5.41, 5.74) is 0.730. The molecule has 0 unspecified atom stereocenters. The maximum absolute atomic E-state index is 11.8. The molecule has 1 aliphatic rings. The van der Waals surface area contributed by atoms with Crippen molar-refractivity contribution >= 4 is 23.8 Å². The number of benzene rings is 1. The van der Waals surface area contributed by atoms with Crippen LogP contribution >= 0.6 is 11.8 Å². The zero-order valence-corrected chi connectivity index (χ0v) is 11.8. The third-order valence-corrected chi connectivity index (χ3v) is 3.75. The van der Waals surface area contributed by atoms with Gasteiger partial charge < -0.3 is 4.74 Å².